The Morgan fingerprint density at radius 1 is 0.831 bits per heavy atom. The summed E-state index contributed by atoms with van der Waals surface area (Å²) >= 11 is 0. The Morgan fingerprint density at radius 2 is 1.49 bits per heavy atom. The van der Waals surface area contributed by atoms with E-state index in [0.29, 0.717) is 63.3 Å². The third-order valence-electron chi connectivity index (χ3n) is 15.6. The van der Waals surface area contributed by atoms with Crippen LogP contribution in [0, 0.1) is 12.8 Å². The number of aromatic nitrogens is 3. The molecule has 16 nitrogen and oxygen atoms in total. The van der Waals surface area contributed by atoms with Crippen LogP contribution in [0.3, 0.4) is 0 Å². The fourth-order valence-corrected chi connectivity index (χ4v) is 10.7. The molecule has 16 heteroatoms. The predicted octanol–water partition coefficient (Wildman–Crippen LogP) is 10.2. The van der Waals surface area contributed by atoms with Crippen molar-refractivity contribution in [3.8, 4) is 11.1 Å². The maximum absolute atomic E-state index is 12.0. The largest absolute Gasteiger partial charge is 0.388 e. The van der Waals surface area contributed by atoms with Crippen LogP contribution in [0.2, 0.25) is 0 Å². The molecule has 7 rings (SSSR count). The number of carbonyl (C=O) groups is 4. The van der Waals surface area contributed by atoms with Crippen molar-refractivity contribution < 1.29 is 33.4 Å². The van der Waals surface area contributed by atoms with Crippen LogP contribution in [0.1, 0.15) is 146 Å². The molecule has 422 valence electrons. The summed E-state index contributed by atoms with van der Waals surface area (Å²) in [5.74, 6) is 0.621. The number of imide groups is 1. The first-order chi connectivity index (χ1) is 37.7. The molecular formula is C61H91N9O7. The number of ether oxygens (including phenoxy) is 3. The molecule has 1 saturated carbocycles. The lowest BCUT2D eigenvalue weighted by molar-refractivity contribution is -0.139. The van der Waals surface area contributed by atoms with Gasteiger partial charge in [-0.15, -0.1) is 0 Å². The van der Waals surface area contributed by atoms with Crippen LogP contribution in [0.25, 0.3) is 27.9 Å². The van der Waals surface area contributed by atoms with Gasteiger partial charge in [0.1, 0.15) is 18.0 Å². The highest BCUT2D eigenvalue weighted by Crippen LogP contribution is 2.37. The molecule has 2 aromatic carbocycles. The van der Waals surface area contributed by atoms with E-state index in [2.05, 4.69) is 87.4 Å². The lowest BCUT2D eigenvalue weighted by Gasteiger charge is -2.34. The fourth-order valence-electron chi connectivity index (χ4n) is 10.7. The fraction of sp³-hybridized carbons (Fsp3) is 0.607. The number of rotatable bonds is 33. The minimum Gasteiger partial charge on any atom is -0.388 e. The van der Waals surface area contributed by atoms with Gasteiger partial charge in [0.15, 0.2) is 0 Å². The topological polar surface area (TPSA) is 172 Å². The molecule has 0 spiro atoms. The first-order valence-electron chi connectivity index (χ1n) is 29.0. The highest BCUT2D eigenvalue weighted by atomic mass is 16.5. The van der Waals surface area contributed by atoms with Crippen LogP contribution < -0.4 is 16.0 Å². The van der Waals surface area contributed by atoms with Gasteiger partial charge in [0.2, 0.25) is 24.2 Å². The number of nitrogens with one attached hydrogen (secondary N) is 3. The molecule has 3 N–H and O–H groups in total. The van der Waals surface area contributed by atoms with Crippen molar-refractivity contribution in [3.05, 3.63) is 78.1 Å². The molecule has 1 atom stereocenters. The highest BCUT2D eigenvalue weighted by molar-refractivity contribution is 6.02. The average molecular weight is 1060 g/mol. The predicted molar refractivity (Wildman–Crippen MR) is 309 cm³/mol. The number of unbranched alkanes of at least 4 members (excludes halogenated alkanes) is 6. The Hall–Kier alpha value is -5.52. The quantitative estimate of drug-likeness (QED) is 0.0234. The molecule has 3 aliphatic rings. The normalized spacial score (nSPS) is 16.5. The number of piperidine rings is 1. The zero-order valence-corrected chi connectivity index (χ0v) is 47.0. The van der Waals surface area contributed by atoms with E-state index in [4.69, 9.17) is 24.2 Å². The van der Waals surface area contributed by atoms with Crippen molar-refractivity contribution >= 4 is 52.9 Å². The second-order valence-corrected chi connectivity index (χ2v) is 21.0. The Labute approximate surface area is 459 Å². The Morgan fingerprint density at radius 3 is 2.14 bits per heavy atom. The van der Waals surface area contributed by atoms with E-state index < -0.39 is 11.9 Å². The SMILES string of the molecule is C=C(c1cccc(NC)c1C)N(C=O)C1CCC(=O)NC1=O.CCC(CC)CNc1ncc2c(-c3ccc(CN4CCN(CCCCCCOCCOCCOCCCCCC=O)CC4)cc3)cn(C3CCCCC3)c2n1. The van der Waals surface area contributed by atoms with Crippen LogP contribution in [-0.2, 0) is 39.9 Å². The number of aldehydes is 1. The molecule has 4 heterocycles. The van der Waals surface area contributed by atoms with Gasteiger partial charge < -0.3 is 44.0 Å². The van der Waals surface area contributed by atoms with E-state index in [1.165, 1.54) is 92.3 Å². The van der Waals surface area contributed by atoms with Crippen LogP contribution in [0.4, 0.5) is 11.6 Å². The van der Waals surface area contributed by atoms with Crippen molar-refractivity contribution in [1.82, 2.24) is 34.6 Å². The Balaban J connectivity index is 0.000000363. The zero-order chi connectivity index (χ0) is 54.6. The molecule has 77 heavy (non-hydrogen) atoms. The third kappa shape index (κ3) is 19.1. The molecule has 0 radical (unpaired) electrons. The van der Waals surface area contributed by atoms with Gasteiger partial charge in [-0.3, -0.25) is 24.6 Å². The average Bonchev–Trinajstić information content (AvgIpc) is 3.88. The minimum absolute atomic E-state index is 0.212. The molecular weight excluding hydrogens is 971 g/mol. The van der Waals surface area contributed by atoms with Crippen LogP contribution in [0.15, 0.2) is 61.4 Å². The lowest BCUT2D eigenvalue weighted by Crippen LogP contribution is -2.51. The smallest absolute Gasteiger partial charge is 0.249 e. The van der Waals surface area contributed by atoms with Gasteiger partial charge >= 0.3 is 0 Å². The number of piperazine rings is 1. The van der Waals surface area contributed by atoms with Crippen molar-refractivity contribution in [1.29, 1.82) is 0 Å². The summed E-state index contributed by atoms with van der Waals surface area (Å²) in [5, 5.41) is 10.0. The minimum atomic E-state index is -0.708. The second kappa shape index (κ2) is 33.7. The number of amides is 3. The van der Waals surface area contributed by atoms with Gasteiger partial charge in [-0.2, -0.15) is 4.98 Å². The molecule has 4 aromatic rings. The summed E-state index contributed by atoms with van der Waals surface area (Å²) in [7, 11) is 1.81. The second-order valence-electron chi connectivity index (χ2n) is 21.0. The van der Waals surface area contributed by atoms with E-state index in [1.807, 2.05) is 32.2 Å². The van der Waals surface area contributed by atoms with E-state index >= 15 is 0 Å². The van der Waals surface area contributed by atoms with Crippen molar-refractivity contribution in [3.63, 3.8) is 0 Å². The Bertz CT molecular complexity index is 2410. The van der Waals surface area contributed by atoms with E-state index in [9.17, 15) is 19.2 Å². The van der Waals surface area contributed by atoms with Crippen molar-refractivity contribution in [2.24, 2.45) is 5.92 Å². The van der Waals surface area contributed by atoms with Gasteiger partial charge in [-0.1, -0.05) is 108 Å². The molecule has 3 fully saturated rings. The molecule has 1 unspecified atom stereocenters. The van der Waals surface area contributed by atoms with Crippen LogP contribution in [-0.4, -0.2) is 146 Å². The summed E-state index contributed by atoms with van der Waals surface area (Å²) < 4.78 is 19.4. The van der Waals surface area contributed by atoms with E-state index in [1.54, 1.807) is 0 Å². The van der Waals surface area contributed by atoms with Crippen LogP contribution >= 0.6 is 0 Å². The summed E-state index contributed by atoms with van der Waals surface area (Å²) in [4.78, 5) is 61.5. The first-order valence-corrected chi connectivity index (χ1v) is 29.0. The molecule has 1 aliphatic carbocycles. The summed E-state index contributed by atoms with van der Waals surface area (Å²) in [5.41, 5.74) is 8.05. The number of fused-ring (bicyclic) bond motifs is 1. The molecule has 2 aromatic heterocycles. The van der Waals surface area contributed by atoms with Gasteiger partial charge in [-0.05, 0) is 87.1 Å². The number of hydrogen-bond acceptors (Lipinski definition) is 13. The number of nitrogens with zero attached hydrogens (tertiary/aromatic N) is 6. The van der Waals surface area contributed by atoms with E-state index in [-0.39, 0.29) is 12.3 Å². The monoisotopic (exact) mass is 1060 g/mol. The molecule has 2 saturated heterocycles. The molecule has 0 bridgehead atoms. The number of benzene rings is 2. The van der Waals surface area contributed by atoms with Gasteiger partial charge in [0.05, 0.1) is 26.4 Å². The van der Waals surface area contributed by atoms with E-state index in [0.717, 1.165) is 118 Å². The highest BCUT2D eigenvalue weighted by Gasteiger charge is 2.33. The zero-order valence-electron chi connectivity index (χ0n) is 47.0. The maximum Gasteiger partial charge on any atom is 0.249 e. The standard InChI is InChI=1S/C45H72N6O4.C16H19N3O3/c1-3-38(4-2)34-46-45-47-35-42-43(37-51(44(42)48-45)41-16-10-9-11-17-41)40-20-18-39(19-21-40)36-50-25-23-49(24-26-50)22-12-5-7-14-28-53-30-32-55-33-31-54-29-15-8-6-13-27-52;1-10-12(5-4-6-13(10)17-3)11(2)19(9-20)14-7-8-15(21)18-16(14)22/h18-21,27,35,37-38,41H,3-17,22-26,28-34,36H2,1-2H3,(H,46,47,48);4-6,9,14,17H,2,7-8H2,1,3H3,(H,18,21,22). The number of carbonyl (C=O) groups excluding carboxylic acids is 4. The number of anilines is 2. The summed E-state index contributed by atoms with van der Waals surface area (Å²) in [6.07, 6.45) is 23.8. The molecule has 3 amide bonds. The molecule has 2 aliphatic heterocycles. The van der Waals surface area contributed by atoms with Gasteiger partial charge in [0.25, 0.3) is 0 Å². The Kier molecular flexibility index (Phi) is 26.6. The lowest BCUT2D eigenvalue weighted by atomic mass is 9.95. The van der Waals surface area contributed by atoms with Gasteiger partial charge in [0, 0.05) is 119 Å². The summed E-state index contributed by atoms with van der Waals surface area (Å²) in [6, 6.07) is 14.7. The number of hydrogen-bond donors (Lipinski definition) is 3. The van der Waals surface area contributed by atoms with Crippen LogP contribution in [0.5, 0.6) is 0 Å². The summed E-state index contributed by atoms with van der Waals surface area (Å²) in [6.45, 7) is 22.2. The third-order valence-corrected chi connectivity index (χ3v) is 15.6. The van der Waals surface area contributed by atoms with Crippen molar-refractivity contribution in [2.45, 2.75) is 149 Å². The first kappa shape index (κ1) is 60.7. The van der Waals surface area contributed by atoms with Crippen molar-refractivity contribution in [2.75, 3.05) is 96.6 Å². The maximum atomic E-state index is 12.0. The van der Waals surface area contributed by atoms with Gasteiger partial charge in [-0.25, -0.2) is 4.98 Å².